The number of hydrogen-bond donors (Lipinski definition) is 2. The van der Waals surface area contributed by atoms with E-state index in [4.69, 9.17) is 10.5 Å². The Morgan fingerprint density at radius 3 is 2.70 bits per heavy atom. The minimum absolute atomic E-state index is 0.0837. The van der Waals surface area contributed by atoms with Gasteiger partial charge in [0.2, 0.25) is 5.91 Å². The van der Waals surface area contributed by atoms with Gasteiger partial charge in [-0.1, -0.05) is 42.5 Å². The van der Waals surface area contributed by atoms with Gasteiger partial charge in [-0.05, 0) is 60.0 Å². The van der Waals surface area contributed by atoms with E-state index in [1.807, 2.05) is 29.6 Å². The number of piperidine rings is 1. The van der Waals surface area contributed by atoms with Crippen LogP contribution in [0.15, 0.2) is 66.0 Å². The zero-order valence-corrected chi connectivity index (χ0v) is 22.4. The summed E-state index contributed by atoms with van der Waals surface area (Å²) >= 11 is 1.41. The van der Waals surface area contributed by atoms with Crippen LogP contribution in [0.25, 0.3) is 0 Å². The maximum atomic E-state index is 13.3. The first kappa shape index (κ1) is 26.9. The molecule has 0 aliphatic carbocycles. The summed E-state index contributed by atoms with van der Waals surface area (Å²) in [6.45, 7) is 4.86. The minimum Gasteiger partial charge on any atom is -0.497 e. The highest BCUT2D eigenvalue weighted by Crippen LogP contribution is 2.29. The number of ether oxygens (including phenoxy) is 1. The van der Waals surface area contributed by atoms with E-state index >= 15 is 0 Å². The summed E-state index contributed by atoms with van der Waals surface area (Å²) in [7, 11) is 1.68. The number of rotatable bonds is 10. The van der Waals surface area contributed by atoms with E-state index in [0.29, 0.717) is 37.5 Å². The normalized spacial score (nSPS) is 17.6. The molecule has 1 saturated heterocycles. The van der Waals surface area contributed by atoms with Crippen LogP contribution in [0.3, 0.4) is 0 Å². The van der Waals surface area contributed by atoms with Crippen molar-refractivity contribution in [1.82, 2.24) is 15.1 Å². The van der Waals surface area contributed by atoms with Crippen molar-refractivity contribution in [3.8, 4) is 5.75 Å². The van der Waals surface area contributed by atoms with E-state index in [1.165, 1.54) is 22.5 Å². The molecule has 1 aliphatic heterocycles. The van der Waals surface area contributed by atoms with Crippen LogP contribution in [-0.2, 0) is 17.9 Å². The van der Waals surface area contributed by atoms with E-state index in [9.17, 15) is 9.59 Å². The summed E-state index contributed by atoms with van der Waals surface area (Å²) < 4.78 is 5.46. The number of aryl methyl sites for hydroxylation is 1. The first-order valence-electron chi connectivity index (χ1n) is 12.7. The molecule has 2 amide bonds. The average molecular weight is 521 g/mol. The number of carbonyl (C=O) groups excluding carboxylic acids is 2. The molecule has 2 atom stereocenters. The van der Waals surface area contributed by atoms with Crippen LogP contribution < -0.4 is 15.8 Å². The summed E-state index contributed by atoms with van der Waals surface area (Å²) in [4.78, 5) is 31.4. The maximum Gasteiger partial charge on any atom is 0.264 e. The third kappa shape index (κ3) is 6.77. The molecule has 0 spiro atoms. The molecule has 1 aromatic heterocycles. The van der Waals surface area contributed by atoms with Crippen molar-refractivity contribution >= 4 is 23.2 Å². The molecular formula is C29H36N4O3S. The second-order valence-electron chi connectivity index (χ2n) is 9.43. The molecule has 3 aromatic rings. The van der Waals surface area contributed by atoms with Gasteiger partial charge in [0.1, 0.15) is 11.8 Å². The Hall–Kier alpha value is -3.20. The highest BCUT2D eigenvalue weighted by molar-refractivity contribution is 7.12. The Kier molecular flexibility index (Phi) is 9.33. The van der Waals surface area contributed by atoms with Gasteiger partial charge in [-0.25, -0.2) is 0 Å². The fourth-order valence-corrected chi connectivity index (χ4v) is 5.63. The number of carbonyl (C=O) groups is 2. The largest absolute Gasteiger partial charge is 0.497 e. The summed E-state index contributed by atoms with van der Waals surface area (Å²) in [5.41, 5.74) is 9.29. The number of likely N-dealkylation sites (tertiary alicyclic amines) is 1. The number of thiophene rings is 1. The quantitative estimate of drug-likeness (QED) is 0.424. The first-order valence-corrected chi connectivity index (χ1v) is 13.6. The van der Waals surface area contributed by atoms with E-state index < -0.39 is 6.04 Å². The van der Waals surface area contributed by atoms with Crippen LogP contribution in [0.4, 0.5) is 0 Å². The molecule has 0 bridgehead atoms. The number of nitrogens with zero attached hydrogens (tertiary/aromatic N) is 2. The van der Waals surface area contributed by atoms with Crippen molar-refractivity contribution in [2.75, 3.05) is 26.7 Å². The number of nitrogens with one attached hydrogen (secondary N) is 1. The van der Waals surface area contributed by atoms with Crippen LogP contribution in [0.1, 0.15) is 39.2 Å². The van der Waals surface area contributed by atoms with E-state index in [1.54, 1.807) is 12.0 Å². The number of amides is 2. The maximum absolute atomic E-state index is 13.3. The van der Waals surface area contributed by atoms with Crippen LogP contribution in [0, 0.1) is 6.92 Å². The molecule has 4 rings (SSSR count). The molecule has 1 fully saturated rings. The molecule has 0 saturated carbocycles. The van der Waals surface area contributed by atoms with Gasteiger partial charge in [0.15, 0.2) is 0 Å². The predicted octanol–water partition coefficient (Wildman–Crippen LogP) is 3.82. The Bertz CT molecular complexity index is 1180. The Balaban J connectivity index is 1.61. The summed E-state index contributed by atoms with van der Waals surface area (Å²) in [5.74, 6) is 0.598. The average Bonchev–Trinajstić information content (AvgIpc) is 3.47. The zero-order valence-electron chi connectivity index (χ0n) is 21.6. The molecule has 196 valence electrons. The predicted molar refractivity (Wildman–Crippen MR) is 148 cm³/mol. The van der Waals surface area contributed by atoms with Gasteiger partial charge in [-0.15, -0.1) is 11.3 Å². The Labute approximate surface area is 223 Å². The van der Waals surface area contributed by atoms with Gasteiger partial charge in [0, 0.05) is 38.8 Å². The highest BCUT2D eigenvalue weighted by atomic mass is 32.1. The van der Waals surface area contributed by atoms with Gasteiger partial charge < -0.3 is 20.7 Å². The third-order valence-corrected chi connectivity index (χ3v) is 7.84. The van der Waals surface area contributed by atoms with E-state index in [0.717, 1.165) is 24.3 Å². The van der Waals surface area contributed by atoms with Crippen LogP contribution in [0.2, 0.25) is 0 Å². The van der Waals surface area contributed by atoms with Crippen molar-refractivity contribution in [2.45, 2.75) is 44.9 Å². The molecular weight excluding hydrogens is 484 g/mol. The molecule has 8 heteroatoms. The molecule has 2 aromatic carbocycles. The second-order valence-corrected chi connectivity index (χ2v) is 10.4. The highest BCUT2D eigenvalue weighted by Gasteiger charge is 2.38. The SMILES string of the molecule is COc1cccc(CN(Cc2ccccc2C)C2CCN(C(=O)c3cccs3)[C@@H](C(=O)NCCN)C2)c1. The van der Waals surface area contributed by atoms with Crippen molar-refractivity contribution in [3.05, 3.63) is 87.6 Å². The fourth-order valence-electron chi connectivity index (χ4n) is 4.95. The zero-order chi connectivity index (χ0) is 26.2. The Morgan fingerprint density at radius 1 is 1.14 bits per heavy atom. The van der Waals surface area contributed by atoms with Gasteiger partial charge >= 0.3 is 0 Å². The lowest BCUT2D eigenvalue weighted by atomic mass is 9.93. The summed E-state index contributed by atoms with van der Waals surface area (Å²) in [6.07, 6.45) is 1.34. The molecule has 0 radical (unpaired) electrons. The van der Waals surface area contributed by atoms with Gasteiger partial charge in [-0.3, -0.25) is 14.5 Å². The molecule has 1 unspecified atom stereocenters. The standard InChI is InChI=1S/C29H36N4O3S/c1-21-7-3-4-9-23(21)20-32(19-22-8-5-10-25(17-22)36-2)24-12-15-33(29(35)27-11-6-16-37-27)26(18-24)28(34)31-14-13-30/h3-11,16-17,24,26H,12-15,18-20,30H2,1-2H3,(H,31,34)/t24?,26-/m1/s1. The molecule has 37 heavy (non-hydrogen) atoms. The summed E-state index contributed by atoms with van der Waals surface area (Å²) in [5, 5.41) is 4.82. The van der Waals surface area contributed by atoms with Crippen molar-refractivity contribution in [1.29, 1.82) is 0 Å². The number of methoxy groups -OCH3 is 1. The van der Waals surface area contributed by atoms with Gasteiger partial charge in [0.05, 0.1) is 12.0 Å². The number of nitrogens with two attached hydrogens (primary N) is 1. The monoisotopic (exact) mass is 520 g/mol. The van der Waals surface area contributed by atoms with Crippen molar-refractivity contribution < 1.29 is 14.3 Å². The number of benzene rings is 2. The summed E-state index contributed by atoms with van der Waals surface area (Å²) in [6, 6.07) is 19.8. The minimum atomic E-state index is -0.551. The van der Waals surface area contributed by atoms with Gasteiger partial charge in [-0.2, -0.15) is 0 Å². The molecule has 2 heterocycles. The third-order valence-electron chi connectivity index (χ3n) is 6.98. The fraction of sp³-hybridized carbons (Fsp3) is 0.379. The van der Waals surface area contributed by atoms with E-state index in [2.05, 4.69) is 53.5 Å². The molecule has 1 aliphatic rings. The Morgan fingerprint density at radius 2 is 1.97 bits per heavy atom. The van der Waals surface area contributed by atoms with Gasteiger partial charge in [0.25, 0.3) is 5.91 Å². The second kappa shape index (κ2) is 12.9. The number of hydrogen-bond acceptors (Lipinski definition) is 6. The van der Waals surface area contributed by atoms with E-state index in [-0.39, 0.29) is 17.9 Å². The van der Waals surface area contributed by atoms with Crippen molar-refractivity contribution in [2.24, 2.45) is 5.73 Å². The smallest absolute Gasteiger partial charge is 0.264 e. The lowest BCUT2D eigenvalue weighted by molar-refractivity contribution is -0.127. The van der Waals surface area contributed by atoms with Crippen LogP contribution in [0.5, 0.6) is 5.75 Å². The topological polar surface area (TPSA) is 87.9 Å². The molecule has 7 nitrogen and oxygen atoms in total. The van der Waals surface area contributed by atoms with Crippen LogP contribution in [-0.4, -0.2) is 60.4 Å². The molecule has 3 N–H and O–H groups in total. The van der Waals surface area contributed by atoms with Crippen LogP contribution >= 0.6 is 11.3 Å². The lowest BCUT2D eigenvalue weighted by Gasteiger charge is -2.43. The van der Waals surface area contributed by atoms with Crippen molar-refractivity contribution in [3.63, 3.8) is 0 Å². The first-order chi connectivity index (χ1) is 18.0. The lowest BCUT2D eigenvalue weighted by Crippen LogP contribution is -2.57.